The predicted molar refractivity (Wildman–Crippen MR) is 80.1 cm³/mol. The van der Waals surface area contributed by atoms with Crippen LogP contribution >= 0.6 is 0 Å². The number of likely N-dealkylation sites (tertiary alicyclic amines) is 1. The second kappa shape index (κ2) is 8.14. The van der Waals surface area contributed by atoms with E-state index < -0.39 is 0 Å². The molecule has 0 bridgehead atoms. The number of halogens is 1. The van der Waals surface area contributed by atoms with Gasteiger partial charge in [-0.15, -0.1) is 0 Å². The molecular weight excluding hydrogens is 269 g/mol. The minimum atomic E-state index is -0.227. The highest BCUT2D eigenvalue weighted by atomic mass is 19.1. The number of rotatable bonds is 4. The van der Waals surface area contributed by atoms with E-state index in [1.165, 1.54) is 6.07 Å². The van der Waals surface area contributed by atoms with E-state index in [1.807, 2.05) is 6.07 Å². The van der Waals surface area contributed by atoms with Gasteiger partial charge < -0.3 is 10.2 Å². The molecule has 1 aliphatic heterocycles. The molecule has 21 heavy (non-hydrogen) atoms. The van der Waals surface area contributed by atoms with Crippen molar-refractivity contribution in [3.63, 3.8) is 0 Å². The lowest BCUT2D eigenvalue weighted by atomic mass is 9.97. The van der Waals surface area contributed by atoms with E-state index in [-0.39, 0.29) is 19.0 Å². The molecule has 4 heteroatoms. The van der Waals surface area contributed by atoms with Crippen LogP contribution in [0.2, 0.25) is 0 Å². The first-order valence-electron chi connectivity index (χ1n) is 7.44. The first kappa shape index (κ1) is 16.0. The Labute approximate surface area is 125 Å². The molecule has 1 aliphatic rings. The van der Waals surface area contributed by atoms with Gasteiger partial charge in [-0.2, -0.15) is 0 Å². The van der Waals surface area contributed by atoms with Crippen LogP contribution in [0.5, 0.6) is 0 Å². The summed E-state index contributed by atoms with van der Waals surface area (Å²) in [4.78, 5) is 2.22. The molecule has 0 saturated carbocycles. The van der Waals surface area contributed by atoms with Gasteiger partial charge in [0.05, 0.1) is 6.61 Å². The Hall–Kier alpha value is -1.41. The van der Waals surface area contributed by atoms with Gasteiger partial charge in [0.1, 0.15) is 5.82 Å². The Bertz CT molecular complexity index is 513. The van der Waals surface area contributed by atoms with Crippen molar-refractivity contribution >= 4 is 0 Å². The van der Waals surface area contributed by atoms with E-state index in [9.17, 15) is 4.39 Å². The summed E-state index contributed by atoms with van der Waals surface area (Å²) < 4.78 is 14.1. The molecule has 0 atom stereocenters. The van der Waals surface area contributed by atoms with Crippen molar-refractivity contribution in [2.75, 3.05) is 26.3 Å². The normalized spacial score (nSPS) is 16.5. The molecule has 0 aromatic heterocycles. The zero-order valence-corrected chi connectivity index (χ0v) is 12.2. The molecular formula is C17H22FNO2. The van der Waals surface area contributed by atoms with E-state index in [1.54, 1.807) is 6.07 Å². The number of piperidine rings is 1. The zero-order chi connectivity index (χ0) is 15.1. The zero-order valence-electron chi connectivity index (χ0n) is 12.2. The van der Waals surface area contributed by atoms with Gasteiger partial charge in [0.25, 0.3) is 0 Å². The van der Waals surface area contributed by atoms with Crippen LogP contribution in [0.3, 0.4) is 0 Å². The van der Waals surface area contributed by atoms with Crippen molar-refractivity contribution in [3.8, 4) is 11.8 Å². The molecule has 3 nitrogen and oxygen atoms in total. The Morgan fingerprint density at radius 2 is 2.00 bits per heavy atom. The summed E-state index contributed by atoms with van der Waals surface area (Å²) >= 11 is 0. The molecule has 1 aromatic carbocycles. The number of nitrogens with zero attached hydrogens (tertiary/aromatic N) is 1. The van der Waals surface area contributed by atoms with E-state index in [0.29, 0.717) is 30.0 Å². The molecule has 0 radical (unpaired) electrons. The topological polar surface area (TPSA) is 43.7 Å². The molecule has 1 heterocycles. The Kier molecular flexibility index (Phi) is 6.19. The van der Waals surface area contributed by atoms with Gasteiger partial charge in [0.2, 0.25) is 0 Å². The van der Waals surface area contributed by atoms with E-state index in [4.69, 9.17) is 10.2 Å². The smallest absolute Gasteiger partial charge is 0.128 e. The standard InChI is InChI=1S/C17H22FNO2/c18-17-11-14(3-1-2-10-20)4-5-16(17)12-19-8-6-15(13-21)7-9-19/h4-5,11,15,20-21H,2,6-10,12-13H2. The number of benzene rings is 1. The fourth-order valence-corrected chi connectivity index (χ4v) is 2.54. The van der Waals surface area contributed by atoms with E-state index >= 15 is 0 Å². The molecule has 2 rings (SSSR count). The maximum atomic E-state index is 14.1. The third-order valence-electron chi connectivity index (χ3n) is 3.88. The third kappa shape index (κ3) is 4.82. The van der Waals surface area contributed by atoms with Gasteiger partial charge in [-0.3, -0.25) is 4.90 Å². The highest BCUT2D eigenvalue weighted by Gasteiger charge is 2.19. The predicted octanol–water partition coefficient (Wildman–Crippen LogP) is 1.76. The summed E-state index contributed by atoms with van der Waals surface area (Å²) in [7, 11) is 0. The van der Waals surface area contributed by atoms with Crippen molar-refractivity contribution in [2.24, 2.45) is 5.92 Å². The average Bonchev–Trinajstić information content (AvgIpc) is 2.51. The molecule has 2 N–H and O–H groups in total. The van der Waals surface area contributed by atoms with Gasteiger partial charge in [0.15, 0.2) is 0 Å². The molecule has 0 aliphatic carbocycles. The van der Waals surface area contributed by atoms with Crippen LogP contribution < -0.4 is 0 Å². The second-order valence-corrected chi connectivity index (χ2v) is 5.48. The summed E-state index contributed by atoms with van der Waals surface area (Å²) in [5, 5.41) is 17.8. The van der Waals surface area contributed by atoms with Crippen LogP contribution in [-0.4, -0.2) is 41.4 Å². The lowest BCUT2D eigenvalue weighted by Gasteiger charge is -2.31. The van der Waals surface area contributed by atoms with Crippen LogP contribution in [0.25, 0.3) is 0 Å². The van der Waals surface area contributed by atoms with Gasteiger partial charge in [0, 0.05) is 30.7 Å². The Morgan fingerprint density at radius 1 is 1.24 bits per heavy atom. The first-order chi connectivity index (χ1) is 10.2. The van der Waals surface area contributed by atoms with E-state index in [0.717, 1.165) is 25.9 Å². The summed E-state index contributed by atoms with van der Waals surface area (Å²) in [6, 6.07) is 5.07. The van der Waals surface area contributed by atoms with Crippen LogP contribution in [0.1, 0.15) is 30.4 Å². The highest BCUT2D eigenvalue weighted by Crippen LogP contribution is 2.20. The molecule has 1 fully saturated rings. The minimum absolute atomic E-state index is 0.0252. The first-order valence-corrected chi connectivity index (χ1v) is 7.44. The number of hydrogen-bond acceptors (Lipinski definition) is 3. The summed E-state index contributed by atoms with van der Waals surface area (Å²) in [5.41, 5.74) is 1.33. The van der Waals surface area contributed by atoms with Crippen molar-refractivity contribution in [3.05, 3.63) is 35.1 Å². The molecule has 1 aromatic rings. The monoisotopic (exact) mass is 291 g/mol. The molecule has 0 spiro atoms. The van der Waals surface area contributed by atoms with E-state index in [2.05, 4.69) is 16.7 Å². The van der Waals surface area contributed by atoms with Crippen molar-refractivity contribution in [2.45, 2.75) is 25.8 Å². The molecule has 114 valence electrons. The third-order valence-corrected chi connectivity index (χ3v) is 3.88. The number of aliphatic hydroxyl groups is 2. The maximum absolute atomic E-state index is 14.1. The summed E-state index contributed by atoms with van der Waals surface area (Å²) in [6.45, 7) is 2.69. The minimum Gasteiger partial charge on any atom is -0.396 e. The Balaban J connectivity index is 1.94. The van der Waals surface area contributed by atoms with Gasteiger partial charge in [-0.1, -0.05) is 17.9 Å². The van der Waals surface area contributed by atoms with Crippen molar-refractivity contribution < 1.29 is 14.6 Å². The highest BCUT2D eigenvalue weighted by molar-refractivity contribution is 5.37. The van der Waals surface area contributed by atoms with Crippen molar-refractivity contribution in [1.29, 1.82) is 0 Å². The summed E-state index contributed by atoms with van der Waals surface area (Å²) in [5.74, 6) is 5.80. The van der Waals surface area contributed by atoms with Gasteiger partial charge in [-0.05, 0) is 44.0 Å². The number of hydrogen-bond donors (Lipinski definition) is 2. The molecule has 1 saturated heterocycles. The SMILES string of the molecule is OCCC#Cc1ccc(CN2CCC(CO)CC2)c(F)c1. The number of aliphatic hydroxyl groups excluding tert-OH is 2. The lowest BCUT2D eigenvalue weighted by molar-refractivity contribution is 0.126. The Morgan fingerprint density at radius 3 is 2.62 bits per heavy atom. The van der Waals surface area contributed by atoms with Gasteiger partial charge >= 0.3 is 0 Å². The quantitative estimate of drug-likeness (QED) is 0.831. The maximum Gasteiger partial charge on any atom is 0.128 e. The van der Waals surface area contributed by atoms with Crippen molar-refractivity contribution in [1.82, 2.24) is 4.90 Å². The van der Waals surface area contributed by atoms with Crippen LogP contribution in [0.15, 0.2) is 18.2 Å². The van der Waals surface area contributed by atoms with Crippen LogP contribution in [0.4, 0.5) is 4.39 Å². The fraction of sp³-hybridized carbons (Fsp3) is 0.529. The van der Waals surface area contributed by atoms with Gasteiger partial charge in [-0.25, -0.2) is 4.39 Å². The second-order valence-electron chi connectivity index (χ2n) is 5.48. The fourth-order valence-electron chi connectivity index (χ4n) is 2.54. The van der Waals surface area contributed by atoms with Crippen LogP contribution in [-0.2, 0) is 6.54 Å². The molecule has 0 amide bonds. The largest absolute Gasteiger partial charge is 0.396 e. The lowest BCUT2D eigenvalue weighted by Crippen LogP contribution is -2.34. The average molecular weight is 291 g/mol. The van der Waals surface area contributed by atoms with Crippen LogP contribution in [0, 0.1) is 23.6 Å². The molecule has 0 unspecified atom stereocenters. The summed E-state index contributed by atoms with van der Waals surface area (Å²) in [6.07, 6.45) is 2.36.